The first kappa shape index (κ1) is 18.1. The van der Waals surface area contributed by atoms with Crippen LogP contribution >= 0.6 is 0 Å². The standard InChI is InChI=1S/C22H31N5O/c1-22(2)13-18-12-16(5-6-19(18)28-22)14-26-10-3-4-17(15-26)21-25-24-20-7-8-23-9-11-27(20)21/h5-6,12,17,23H,3-4,7-11,13-15H2,1-2H3/t17-/m1/s1. The van der Waals surface area contributed by atoms with Gasteiger partial charge in [-0.05, 0) is 50.4 Å². The van der Waals surface area contributed by atoms with Gasteiger partial charge in [0.15, 0.2) is 0 Å². The summed E-state index contributed by atoms with van der Waals surface area (Å²) in [5.41, 5.74) is 2.67. The Morgan fingerprint density at radius 3 is 3.07 bits per heavy atom. The number of piperidine rings is 1. The summed E-state index contributed by atoms with van der Waals surface area (Å²) in [5.74, 6) is 3.90. The number of aromatic nitrogens is 3. The van der Waals surface area contributed by atoms with Crippen molar-refractivity contribution in [2.45, 2.75) is 64.1 Å². The lowest BCUT2D eigenvalue weighted by atomic mass is 9.96. The molecule has 3 aliphatic heterocycles. The number of benzene rings is 1. The smallest absolute Gasteiger partial charge is 0.137 e. The van der Waals surface area contributed by atoms with Crippen LogP contribution in [0.15, 0.2) is 18.2 Å². The zero-order valence-electron chi connectivity index (χ0n) is 17.1. The van der Waals surface area contributed by atoms with Crippen molar-refractivity contribution in [3.05, 3.63) is 41.0 Å². The maximum absolute atomic E-state index is 6.03. The summed E-state index contributed by atoms with van der Waals surface area (Å²) in [7, 11) is 0. The largest absolute Gasteiger partial charge is 0.487 e. The molecule has 6 nitrogen and oxygen atoms in total. The van der Waals surface area contributed by atoms with Crippen molar-refractivity contribution in [2.75, 3.05) is 26.2 Å². The molecule has 0 bridgehead atoms. The van der Waals surface area contributed by atoms with E-state index in [2.05, 4.69) is 57.0 Å². The quantitative estimate of drug-likeness (QED) is 0.885. The Hall–Kier alpha value is -1.92. The zero-order chi connectivity index (χ0) is 19.1. The van der Waals surface area contributed by atoms with Gasteiger partial charge in [0, 0.05) is 51.5 Å². The highest BCUT2D eigenvalue weighted by Crippen LogP contribution is 2.36. The highest BCUT2D eigenvalue weighted by atomic mass is 16.5. The van der Waals surface area contributed by atoms with Crippen molar-refractivity contribution in [3.63, 3.8) is 0 Å². The fraction of sp³-hybridized carbons (Fsp3) is 0.636. The van der Waals surface area contributed by atoms with Gasteiger partial charge in [-0.25, -0.2) is 0 Å². The van der Waals surface area contributed by atoms with E-state index in [9.17, 15) is 0 Å². The minimum Gasteiger partial charge on any atom is -0.487 e. The molecule has 0 radical (unpaired) electrons. The van der Waals surface area contributed by atoms with Crippen molar-refractivity contribution >= 4 is 0 Å². The van der Waals surface area contributed by atoms with Gasteiger partial charge in [-0.3, -0.25) is 4.90 Å². The monoisotopic (exact) mass is 381 g/mol. The van der Waals surface area contributed by atoms with Crippen molar-refractivity contribution in [1.82, 2.24) is 25.0 Å². The van der Waals surface area contributed by atoms with Crippen LogP contribution in [0.1, 0.15) is 55.4 Å². The summed E-state index contributed by atoms with van der Waals surface area (Å²) in [4.78, 5) is 2.59. The van der Waals surface area contributed by atoms with Crippen molar-refractivity contribution in [2.24, 2.45) is 0 Å². The van der Waals surface area contributed by atoms with E-state index in [-0.39, 0.29) is 5.60 Å². The van der Waals surface area contributed by atoms with Gasteiger partial charge < -0.3 is 14.6 Å². The van der Waals surface area contributed by atoms with Gasteiger partial charge in [-0.1, -0.05) is 12.1 Å². The molecule has 1 atom stereocenters. The van der Waals surface area contributed by atoms with Crippen molar-refractivity contribution in [1.29, 1.82) is 0 Å². The second-order valence-corrected chi connectivity index (χ2v) is 9.18. The summed E-state index contributed by atoms with van der Waals surface area (Å²) in [5, 5.41) is 12.6. The molecule has 1 aromatic heterocycles. The van der Waals surface area contributed by atoms with E-state index < -0.39 is 0 Å². The lowest BCUT2D eigenvalue weighted by Gasteiger charge is -2.32. The van der Waals surface area contributed by atoms with Gasteiger partial charge in [0.25, 0.3) is 0 Å². The number of likely N-dealkylation sites (tertiary alicyclic amines) is 1. The minimum absolute atomic E-state index is 0.0719. The molecule has 5 rings (SSSR count). The number of nitrogens with one attached hydrogen (secondary N) is 1. The summed E-state index contributed by atoms with van der Waals surface area (Å²) in [6.45, 7) is 10.6. The maximum atomic E-state index is 6.03. The van der Waals surface area contributed by atoms with Crippen molar-refractivity contribution in [3.8, 4) is 5.75 Å². The lowest BCUT2D eigenvalue weighted by Crippen LogP contribution is -2.35. The average Bonchev–Trinajstić information content (AvgIpc) is 3.11. The van der Waals surface area contributed by atoms with Crippen LogP contribution in [0.4, 0.5) is 0 Å². The van der Waals surface area contributed by atoms with Gasteiger partial charge in [-0.2, -0.15) is 0 Å². The van der Waals surface area contributed by atoms with E-state index in [1.807, 2.05) is 0 Å². The van der Waals surface area contributed by atoms with Crippen LogP contribution in [0.5, 0.6) is 5.75 Å². The van der Waals surface area contributed by atoms with E-state index in [4.69, 9.17) is 4.74 Å². The first-order valence-electron chi connectivity index (χ1n) is 10.7. The Morgan fingerprint density at radius 2 is 2.14 bits per heavy atom. The van der Waals surface area contributed by atoms with Crippen LogP contribution in [0, 0.1) is 0 Å². The molecule has 0 unspecified atom stereocenters. The summed E-state index contributed by atoms with van der Waals surface area (Å²) in [6.07, 6.45) is 4.43. The molecule has 1 saturated heterocycles. The number of hydrogen-bond donors (Lipinski definition) is 1. The molecule has 2 aromatic rings. The number of nitrogens with zero attached hydrogens (tertiary/aromatic N) is 4. The molecule has 0 saturated carbocycles. The van der Waals surface area contributed by atoms with Crippen LogP contribution in [0.25, 0.3) is 0 Å². The number of hydrogen-bond acceptors (Lipinski definition) is 5. The third kappa shape index (κ3) is 3.55. The molecule has 1 fully saturated rings. The first-order chi connectivity index (χ1) is 13.6. The Morgan fingerprint density at radius 1 is 1.21 bits per heavy atom. The number of fused-ring (bicyclic) bond motifs is 2. The first-order valence-corrected chi connectivity index (χ1v) is 10.7. The third-order valence-electron chi connectivity index (χ3n) is 6.30. The van der Waals surface area contributed by atoms with E-state index in [0.717, 1.165) is 63.7 Å². The van der Waals surface area contributed by atoms with Crippen LogP contribution in [-0.4, -0.2) is 51.4 Å². The Kier molecular flexibility index (Phi) is 4.63. The second-order valence-electron chi connectivity index (χ2n) is 9.18. The lowest BCUT2D eigenvalue weighted by molar-refractivity contribution is 0.138. The van der Waals surface area contributed by atoms with Gasteiger partial charge >= 0.3 is 0 Å². The molecule has 1 N–H and O–H groups in total. The number of ether oxygens (including phenoxy) is 1. The molecule has 3 aliphatic rings. The zero-order valence-corrected chi connectivity index (χ0v) is 17.1. The van der Waals surface area contributed by atoms with E-state index >= 15 is 0 Å². The number of rotatable bonds is 3. The molecule has 150 valence electrons. The fourth-order valence-electron chi connectivity index (χ4n) is 5.03. The topological polar surface area (TPSA) is 55.2 Å². The third-order valence-corrected chi connectivity index (χ3v) is 6.30. The Balaban J connectivity index is 1.29. The summed E-state index contributed by atoms with van der Waals surface area (Å²) >= 11 is 0. The Labute approximate surface area is 167 Å². The molecule has 0 spiro atoms. The molecule has 0 amide bonds. The minimum atomic E-state index is -0.0719. The van der Waals surface area contributed by atoms with Crippen LogP contribution in [0.2, 0.25) is 0 Å². The SMILES string of the molecule is CC1(C)Cc2cc(CN3CCC[C@@H](c4nnc5n4CCNCC5)C3)ccc2O1. The highest BCUT2D eigenvalue weighted by molar-refractivity contribution is 5.41. The highest BCUT2D eigenvalue weighted by Gasteiger charge is 2.31. The van der Waals surface area contributed by atoms with E-state index in [0.29, 0.717) is 5.92 Å². The molecule has 28 heavy (non-hydrogen) atoms. The van der Waals surface area contributed by atoms with E-state index in [1.54, 1.807) is 0 Å². The molecular weight excluding hydrogens is 350 g/mol. The predicted octanol–water partition coefficient (Wildman–Crippen LogP) is 2.52. The maximum Gasteiger partial charge on any atom is 0.137 e. The van der Waals surface area contributed by atoms with Gasteiger partial charge in [-0.15, -0.1) is 10.2 Å². The van der Waals surface area contributed by atoms with Gasteiger partial charge in [0.1, 0.15) is 23.0 Å². The Bertz CT molecular complexity index is 859. The van der Waals surface area contributed by atoms with Crippen molar-refractivity contribution < 1.29 is 4.74 Å². The normalized spacial score (nSPS) is 24.3. The second kappa shape index (κ2) is 7.16. The van der Waals surface area contributed by atoms with E-state index in [1.165, 1.54) is 29.8 Å². The molecule has 0 aliphatic carbocycles. The molecule has 6 heteroatoms. The summed E-state index contributed by atoms with van der Waals surface area (Å²) < 4.78 is 8.41. The van der Waals surface area contributed by atoms with Crippen LogP contribution in [-0.2, 0) is 25.9 Å². The fourth-order valence-corrected chi connectivity index (χ4v) is 5.03. The van der Waals surface area contributed by atoms with Crippen LogP contribution in [0.3, 0.4) is 0 Å². The molecule has 1 aromatic carbocycles. The summed E-state index contributed by atoms with van der Waals surface area (Å²) in [6, 6.07) is 6.74. The van der Waals surface area contributed by atoms with Crippen LogP contribution < -0.4 is 10.1 Å². The molecule has 4 heterocycles. The molecular formula is C22H31N5O. The predicted molar refractivity (Wildman–Crippen MR) is 109 cm³/mol. The van der Waals surface area contributed by atoms with Gasteiger partial charge in [0.05, 0.1) is 0 Å². The average molecular weight is 382 g/mol. The van der Waals surface area contributed by atoms with Gasteiger partial charge in [0.2, 0.25) is 0 Å².